The molecule has 0 saturated heterocycles. The van der Waals surface area contributed by atoms with E-state index < -0.39 is 21.1 Å². The number of fused-ring (bicyclic) bond motifs is 1. The van der Waals surface area contributed by atoms with Crippen LogP contribution in [0.5, 0.6) is 0 Å². The number of carboxylic acid groups (broad SMARTS) is 1. The second-order valence-electron chi connectivity index (χ2n) is 8.62. The molecule has 174 valence electrons. The highest BCUT2D eigenvalue weighted by Crippen LogP contribution is 2.39. The van der Waals surface area contributed by atoms with Gasteiger partial charge in [0.1, 0.15) is 11.3 Å². The molecule has 1 atom stereocenters. The zero-order chi connectivity index (χ0) is 24.6. The van der Waals surface area contributed by atoms with Crippen LogP contribution in [-0.4, -0.2) is 28.9 Å². The lowest BCUT2D eigenvalue weighted by Gasteiger charge is -2.19. The maximum absolute atomic E-state index is 14.1. The molecule has 0 aliphatic carbocycles. The SMILES string of the molecule is Cc1c(CC(=O)O)c2ccc(C#N)cn2c1C(c1ccc[nH]1)S(=O)(=O)c1ccc(C(C)C)cc1. The van der Waals surface area contributed by atoms with Gasteiger partial charge < -0.3 is 14.5 Å². The van der Waals surface area contributed by atoms with Crippen molar-refractivity contribution in [1.29, 1.82) is 5.26 Å². The van der Waals surface area contributed by atoms with Gasteiger partial charge in [0.15, 0.2) is 9.84 Å². The van der Waals surface area contributed by atoms with Gasteiger partial charge in [-0.25, -0.2) is 8.42 Å². The number of pyridine rings is 1. The summed E-state index contributed by atoms with van der Waals surface area (Å²) in [5, 5.41) is 17.8. The number of aliphatic carboxylic acids is 1. The van der Waals surface area contributed by atoms with Gasteiger partial charge in [-0.1, -0.05) is 26.0 Å². The van der Waals surface area contributed by atoms with Crippen LogP contribution < -0.4 is 0 Å². The number of nitrogens with zero attached hydrogens (tertiary/aromatic N) is 2. The lowest BCUT2D eigenvalue weighted by molar-refractivity contribution is -0.136. The van der Waals surface area contributed by atoms with Crippen molar-refractivity contribution < 1.29 is 18.3 Å². The van der Waals surface area contributed by atoms with Crippen LogP contribution >= 0.6 is 0 Å². The molecule has 1 unspecified atom stereocenters. The molecule has 3 heterocycles. The van der Waals surface area contributed by atoms with Gasteiger partial charge in [-0.05, 0) is 65.9 Å². The smallest absolute Gasteiger partial charge is 0.307 e. The Morgan fingerprint density at radius 2 is 1.85 bits per heavy atom. The average molecular weight is 476 g/mol. The number of hydrogen-bond acceptors (Lipinski definition) is 4. The summed E-state index contributed by atoms with van der Waals surface area (Å²) in [5.74, 6) is -0.759. The van der Waals surface area contributed by atoms with E-state index in [1.54, 1.807) is 60.1 Å². The normalized spacial score (nSPS) is 12.7. The van der Waals surface area contributed by atoms with E-state index in [1.165, 1.54) is 0 Å². The molecular weight excluding hydrogens is 450 g/mol. The molecule has 0 aliphatic heterocycles. The molecule has 4 aromatic rings. The predicted molar refractivity (Wildman–Crippen MR) is 129 cm³/mol. The van der Waals surface area contributed by atoms with E-state index in [0.29, 0.717) is 33.6 Å². The van der Waals surface area contributed by atoms with Gasteiger partial charge in [0, 0.05) is 23.6 Å². The summed E-state index contributed by atoms with van der Waals surface area (Å²) in [4.78, 5) is 14.8. The first-order valence-electron chi connectivity index (χ1n) is 10.9. The number of nitriles is 1. The van der Waals surface area contributed by atoms with E-state index in [-0.39, 0.29) is 17.2 Å². The quantitative estimate of drug-likeness (QED) is 0.400. The van der Waals surface area contributed by atoms with E-state index in [9.17, 15) is 23.6 Å². The number of hydrogen-bond donors (Lipinski definition) is 2. The number of aromatic amines is 1. The third-order valence-electron chi connectivity index (χ3n) is 6.15. The molecule has 0 radical (unpaired) electrons. The van der Waals surface area contributed by atoms with Crippen LogP contribution in [-0.2, 0) is 21.1 Å². The molecule has 0 spiro atoms. The molecule has 0 aliphatic rings. The minimum atomic E-state index is -3.95. The molecule has 0 bridgehead atoms. The summed E-state index contributed by atoms with van der Waals surface area (Å²) in [5.41, 5.74) is 3.90. The average Bonchev–Trinajstić information content (AvgIpc) is 3.42. The molecule has 3 aromatic heterocycles. The van der Waals surface area contributed by atoms with Crippen molar-refractivity contribution in [3.8, 4) is 6.07 Å². The third kappa shape index (κ3) is 3.99. The van der Waals surface area contributed by atoms with Gasteiger partial charge in [0.05, 0.1) is 22.6 Å². The maximum atomic E-state index is 14.1. The summed E-state index contributed by atoms with van der Waals surface area (Å²) in [6, 6.07) is 15.6. The molecular formula is C26H25N3O4S. The van der Waals surface area contributed by atoms with Crippen molar-refractivity contribution in [1.82, 2.24) is 9.38 Å². The Morgan fingerprint density at radius 1 is 1.15 bits per heavy atom. The zero-order valence-corrected chi connectivity index (χ0v) is 19.9. The second-order valence-corrected chi connectivity index (χ2v) is 10.7. The Morgan fingerprint density at radius 3 is 2.41 bits per heavy atom. The Kier molecular flexibility index (Phi) is 6.07. The first kappa shape index (κ1) is 23.3. The number of nitrogens with one attached hydrogen (secondary N) is 1. The Labute approximate surface area is 198 Å². The fourth-order valence-corrected chi connectivity index (χ4v) is 6.24. The Hall–Kier alpha value is -3.83. The lowest BCUT2D eigenvalue weighted by atomic mass is 10.0. The van der Waals surface area contributed by atoms with Gasteiger partial charge in [-0.15, -0.1) is 0 Å². The summed E-state index contributed by atoms with van der Waals surface area (Å²) < 4.78 is 29.8. The number of rotatable bonds is 7. The molecule has 34 heavy (non-hydrogen) atoms. The van der Waals surface area contributed by atoms with Gasteiger partial charge in [-0.3, -0.25) is 4.79 Å². The molecule has 0 saturated carbocycles. The molecule has 4 rings (SSSR count). The van der Waals surface area contributed by atoms with Crippen molar-refractivity contribution in [3.63, 3.8) is 0 Å². The van der Waals surface area contributed by atoms with Crippen molar-refractivity contribution in [2.24, 2.45) is 0 Å². The van der Waals surface area contributed by atoms with Crippen molar-refractivity contribution >= 4 is 21.3 Å². The lowest BCUT2D eigenvalue weighted by Crippen LogP contribution is -2.18. The fraction of sp³-hybridized carbons (Fsp3) is 0.231. The molecule has 8 heteroatoms. The van der Waals surface area contributed by atoms with Gasteiger partial charge in [0.2, 0.25) is 0 Å². The maximum Gasteiger partial charge on any atom is 0.307 e. The number of carboxylic acids is 1. The summed E-state index contributed by atoms with van der Waals surface area (Å²) in [7, 11) is -3.95. The second kappa shape index (κ2) is 8.84. The minimum Gasteiger partial charge on any atom is -0.481 e. The summed E-state index contributed by atoms with van der Waals surface area (Å²) in [6.45, 7) is 5.82. The highest BCUT2D eigenvalue weighted by molar-refractivity contribution is 7.91. The van der Waals surface area contributed by atoms with Crippen molar-refractivity contribution in [3.05, 3.63) is 94.6 Å². The number of H-pyrrole nitrogens is 1. The Bertz CT molecular complexity index is 1510. The fourth-order valence-electron chi connectivity index (χ4n) is 4.38. The van der Waals surface area contributed by atoms with Gasteiger partial charge >= 0.3 is 5.97 Å². The summed E-state index contributed by atoms with van der Waals surface area (Å²) in [6.07, 6.45) is 2.96. The van der Waals surface area contributed by atoms with E-state index in [4.69, 9.17) is 0 Å². The van der Waals surface area contributed by atoms with Crippen LogP contribution in [0.15, 0.2) is 65.8 Å². The van der Waals surface area contributed by atoms with Gasteiger partial charge in [0.25, 0.3) is 0 Å². The first-order valence-corrected chi connectivity index (χ1v) is 12.4. The predicted octanol–water partition coefficient (Wildman–Crippen LogP) is 4.76. The number of sulfone groups is 1. The standard InChI is InChI=1S/C26H25N3O4S/c1-16(2)19-7-9-20(10-8-19)34(32,33)26(22-5-4-12-28-22)25-17(3)21(13-24(30)31)23-11-6-18(14-27)15-29(23)25/h4-12,15-16,26,28H,13H2,1-3H3,(H,30,31). The van der Waals surface area contributed by atoms with Crippen LogP contribution in [0.25, 0.3) is 5.52 Å². The van der Waals surface area contributed by atoms with E-state index in [2.05, 4.69) is 11.1 Å². The topological polar surface area (TPSA) is 115 Å². The van der Waals surface area contributed by atoms with E-state index in [1.807, 2.05) is 26.0 Å². The van der Waals surface area contributed by atoms with Crippen LogP contribution in [0.3, 0.4) is 0 Å². The molecule has 7 nitrogen and oxygen atoms in total. The number of benzene rings is 1. The van der Waals surface area contributed by atoms with Crippen LogP contribution in [0, 0.1) is 18.3 Å². The van der Waals surface area contributed by atoms with Crippen molar-refractivity contribution in [2.45, 2.75) is 43.3 Å². The molecule has 0 amide bonds. The number of aromatic nitrogens is 2. The zero-order valence-electron chi connectivity index (χ0n) is 19.1. The van der Waals surface area contributed by atoms with Crippen molar-refractivity contribution in [2.75, 3.05) is 0 Å². The third-order valence-corrected chi connectivity index (χ3v) is 8.18. The highest BCUT2D eigenvalue weighted by atomic mass is 32.2. The molecule has 0 fully saturated rings. The van der Waals surface area contributed by atoms with Crippen LogP contribution in [0.1, 0.15) is 58.7 Å². The largest absolute Gasteiger partial charge is 0.481 e. The minimum absolute atomic E-state index is 0.169. The van der Waals surface area contributed by atoms with Crippen LogP contribution in [0.2, 0.25) is 0 Å². The Balaban J connectivity index is 2.03. The van der Waals surface area contributed by atoms with E-state index in [0.717, 1.165) is 5.56 Å². The highest BCUT2D eigenvalue weighted by Gasteiger charge is 2.36. The summed E-state index contributed by atoms with van der Waals surface area (Å²) >= 11 is 0. The first-order chi connectivity index (χ1) is 16.1. The monoisotopic (exact) mass is 475 g/mol. The molecule has 2 N–H and O–H groups in total. The molecule has 1 aromatic carbocycles. The van der Waals surface area contributed by atoms with E-state index >= 15 is 0 Å². The number of carbonyl (C=O) groups is 1. The van der Waals surface area contributed by atoms with Gasteiger partial charge in [-0.2, -0.15) is 5.26 Å². The van der Waals surface area contributed by atoms with Crippen LogP contribution in [0.4, 0.5) is 0 Å².